The first-order valence-electron chi connectivity index (χ1n) is 7.55. The van der Waals surface area contributed by atoms with Crippen molar-refractivity contribution in [2.75, 3.05) is 24.5 Å². The highest BCUT2D eigenvalue weighted by Crippen LogP contribution is 2.24. The van der Waals surface area contributed by atoms with Gasteiger partial charge in [0.2, 0.25) is 0 Å². The standard InChI is InChI=1S/C17H28N2/c1-5-19(16-10-6-14(2)7-11-16)13-17(3,4)12-18-15-8-9-15/h6-7,10-11,15,18H,5,8-9,12-13H2,1-4H3. The molecule has 0 aromatic heterocycles. The molecule has 0 heterocycles. The second-order valence-corrected chi connectivity index (χ2v) is 6.67. The molecule has 1 N–H and O–H groups in total. The molecule has 1 aliphatic carbocycles. The van der Waals surface area contributed by atoms with E-state index in [1.807, 2.05) is 0 Å². The van der Waals surface area contributed by atoms with Crippen molar-refractivity contribution in [1.29, 1.82) is 0 Å². The van der Waals surface area contributed by atoms with Gasteiger partial charge in [-0.05, 0) is 44.2 Å². The minimum Gasteiger partial charge on any atom is -0.371 e. The summed E-state index contributed by atoms with van der Waals surface area (Å²) < 4.78 is 0. The molecule has 1 aromatic carbocycles. The van der Waals surface area contributed by atoms with Crippen LogP contribution in [-0.4, -0.2) is 25.7 Å². The van der Waals surface area contributed by atoms with Crippen molar-refractivity contribution in [2.24, 2.45) is 5.41 Å². The highest BCUT2D eigenvalue weighted by atomic mass is 15.1. The Morgan fingerprint density at radius 1 is 1.21 bits per heavy atom. The third-order valence-electron chi connectivity index (χ3n) is 3.85. The summed E-state index contributed by atoms with van der Waals surface area (Å²) in [5, 5.41) is 3.66. The summed E-state index contributed by atoms with van der Waals surface area (Å²) in [7, 11) is 0. The van der Waals surface area contributed by atoms with E-state index in [1.165, 1.54) is 24.1 Å². The number of rotatable bonds is 7. The summed E-state index contributed by atoms with van der Waals surface area (Å²) in [6.45, 7) is 12.4. The van der Waals surface area contributed by atoms with Gasteiger partial charge >= 0.3 is 0 Å². The fraction of sp³-hybridized carbons (Fsp3) is 0.647. The summed E-state index contributed by atoms with van der Waals surface area (Å²) in [6.07, 6.45) is 2.73. The van der Waals surface area contributed by atoms with Gasteiger partial charge in [-0.3, -0.25) is 0 Å². The number of nitrogens with one attached hydrogen (secondary N) is 1. The van der Waals surface area contributed by atoms with E-state index in [0.717, 1.165) is 25.7 Å². The molecule has 0 amide bonds. The Hall–Kier alpha value is -1.02. The third-order valence-corrected chi connectivity index (χ3v) is 3.85. The van der Waals surface area contributed by atoms with Crippen molar-refractivity contribution in [1.82, 2.24) is 5.32 Å². The molecule has 1 fully saturated rings. The summed E-state index contributed by atoms with van der Waals surface area (Å²) in [5.74, 6) is 0. The van der Waals surface area contributed by atoms with Gasteiger partial charge in [-0.1, -0.05) is 31.5 Å². The minimum atomic E-state index is 0.309. The summed E-state index contributed by atoms with van der Waals surface area (Å²) in [5.41, 5.74) is 2.98. The smallest absolute Gasteiger partial charge is 0.0366 e. The van der Waals surface area contributed by atoms with Crippen molar-refractivity contribution >= 4 is 5.69 Å². The molecule has 0 saturated heterocycles. The fourth-order valence-electron chi connectivity index (χ4n) is 2.42. The van der Waals surface area contributed by atoms with E-state index in [4.69, 9.17) is 0 Å². The van der Waals surface area contributed by atoms with Gasteiger partial charge in [0.25, 0.3) is 0 Å². The molecular formula is C17H28N2. The van der Waals surface area contributed by atoms with E-state index < -0.39 is 0 Å². The van der Waals surface area contributed by atoms with Crippen LogP contribution < -0.4 is 10.2 Å². The second kappa shape index (κ2) is 5.96. The highest BCUT2D eigenvalue weighted by Gasteiger charge is 2.26. The molecule has 19 heavy (non-hydrogen) atoms. The molecular weight excluding hydrogens is 232 g/mol. The molecule has 2 rings (SSSR count). The SMILES string of the molecule is CCN(CC(C)(C)CNC1CC1)c1ccc(C)cc1. The quantitative estimate of drug-likeness (QED) is 0.806. The average Bonchev–Trinajstić information content (AvgIpc) is 3.19. The van der Waals surface area contributed by atoms with Gasteiger partial charge in [0, 0.05) is 31.4 Å². The number of hydrogen-bond acceptors (Lipinski definition) is 2. The van der Waals surface area contributed by atoms with Crippen molar-refractivity contribution in [3.8, 4) is 0 Å². The fourth-order valence-corrected chi connectivity index (χ4v) is 2.42. The maximum atomic E-state index is 3.66. The molecule has 0 spiro atoms. The lowest BCUT2D eigenvalue weighted by Crippen LogP contribution is -2.41. The van der Waals surface area contributed by atoms with E-state index >= 15 is 0 Å². The average molecular weight is 260 g/mol. The number of aryl methyl sites for hydroxylation is 1. The van der Waals surface area contributed by atoms with Crippen LogP contribution in [0.5, 0.6) is 0 Å². The zero-order valence-electron chi connectivity index (χ0n) is 12.9. The maximum absolute atomic E-state index is 3.66. The van der Waals surface area contributed by atoms with Crippen LogP contribution in [0, 0.1) is 12.3 Å². The van der Waals surface area contributed by atoms with Crippen LogP contribution in [0.15, 0.2) is 24.3 Å². The Morgan fingerprint density at radius 3 is 2.37 bits per heavy atom. The lowest BCUT2D eigenvalue weighted by atomic mass is 9.92. The van der Waals surface area contributed by atoms with Crippen LogP contribution in [0.1, 0.15) is 39.2 Å². The lowest BCUT2D eigenvalue weighted by molar-refractivity contribution is 0.341. The number of nitrogens with zero attached hydrogens (tertiary/aromatic N) is 1. The van der Waals surface area contributed by atoms with Crippen molar-refractivity contribution in [3.05, 3.63) is 29.8 Å². The van der Waals surface area contributed by atoms with Crippen LogP contribution in [0.25, 0.3) is 0 Å². The molecule has 1 aromatic rings. The Bertz CT molecular complexity index is 390. The molecule has 0 unspecified atom stereocenters. The molecule has 1 saturated carbocycles. The Labute approximate surface area is 118 Å². The van der Waals surface area contributed by atoms with E-state index in [-0.39, 0.29) is 0 Å². The van der Waals surface area contributed by atoms with E-state index in [1.54, 1.807) is 0 Å². The molecule has 0 radical (unpaired) electrons. The first-order valence-corrected chi connectivity index (χ1v) is 7.55. The molecule has 0 aliphatic heterocycles. The topological polar surface area (TPSA) is 15.3 Å². The molecule has 1 aliphatic rings. The van der Waals surface area contributed by atoms with Gasteiger partial charge in [0.15, 0.2) is 0 Å². The van der Waals surface area contributed by atoms with Crippen LogP contribution in [-0.2, 0) is 0 Å². The Morgan fingerprint density at radius 2 is 1.84 bits per heavy atom. The van der Waals surface area contributed by atoms with Gasteiger partial charge in [-0.15, -0.1) is 0 Å². The molecule has 0 atom stereocenters. The third kappa shape index (κ3) is 4.54. The normalized spacial score (nSPS) is 15.6. The summed E-state index contributed by atoms with van der Waals surface area (Å²) in [4.78, 5) is 2.48. The van der Waals surface area contributed by atoms with E-state index in [0.29, 0.717) is 5.41 Å². The Balaban J connectivity index is 1.94. The van der Waals surface area contributed by atoms with Gasteiger partial charge < -0.3 is 10.2 Å². The highest BCUT2D eigenvalue weighted by molar-refractivity contribution is 5.47. The lowest BCUT2D eigenvalue weighted by Gasteiger charge is -2.34. The monoisotopic (exact) mass is 260 g/mol. The van der Waals surface area contributed by atoms with Crippen LogP contribution in [0.3, 0.4) is 0 Å². The molecule has 2 heteroatoms. The second-order valence-electron chi connectivity index (χ2n) is 6.67. The molecule has 106 valence electrons. The molecule has 0 bridgehead atoms. The number of anilines is 1. The van der Waals surface area contributed by atoms with Gasteiger partial charge in [-0.25, -0.2) is 0 Å². The predicted molar refractivity (Wildman–Crippen MR) is 83.9 cm³/mol. The zero-order chi connectivity index (χ0) is 13.9. The van der Waals surface area contributed by atoms with Crippen LogP contribution in [0.4, 0.5) is 5.69 Å². The summed E-state index contributed by atoms with van der Waals surface area (Å²) >= 11 is 0. The van der Waals surface area contributed by atoms with E-state index in [2.05, 4.69) is 62.2 Å². The zero-order valence-corrected chi connectivity index (χ0v) is 12.9. The first-order chi connectivity index (χ1) is 9.00. The maximum Gasteiger partial charge on any atom is 0.0366 e. The number of hydrogen-bond donors (Lipinski definition) is 1. The Kier molecular flexibility index (Phi) is 4.51. The van der Waals surface area contributed by atoms with Crippen molar-refractivity contribution in [3.63, 3.8) is 0 Å². The van der Waals surface area contributed by atoms with Gasteiger partial charge in [0.1, 0.15) is 0 Å². The summed E-state index contributed by atoms with van der Waals surface area (Å²) in [6, 6.07) is 9.68. The predicted octanol–water partition coefficient (Wildman–Crippen LogP) is 3.60. The van der Waals surface area contributed by atoms with Crippen molar-refractivity contribution < 1.29 is 0 Å². The first kappa shape index (κ1) is 14.4. The van der Waals surface area contributed by atoms with Crippen LogP contribution >= 0.6 is 0 Å². The minimum absolute atomic E-state index is 0.309. The number of benzene rings is 1. The van der Waals surface area contributed by atoms with Gasteiger partial charge in [0.05, 0.1) is 0 Å². The van der Waals surface area contributed by atoms with E-state index in [9.17, 15) is 0 Å². The molecule has 2 nitrogen and oxygen atoms in total. The van der Waals surface area contributed by atoms with Crippen LogP contribution in [0.2, 0.25) is 0 Å². The van der Waals surface area contributed by atoms with Gasteiger partial charge in [-0.2, -0.15) is 0 Å². The largest absolute Gasteiger partial charge is 0.371 e. The van der Waals surface area contributed by atoms with Crippen molar-refractivity contribution in [2.45, 2.75) is 46.6 Å².